The lowest BCUT2D eigenvalue weighted by molar-refractivity contribution is 0.458. The van der Waals surface area contributed by atoms with E-state index in [0.29, 0.717) is 6.04 Å². The summed E-state index contributed by atoms with van der Waals surface area (Å²) in [6, 6.07) is 0.628. The molecule has 1 N–H and O–H groups in total. The van der Waals surface area contributed by atoms with Crippen molar-refractivity contribution in [1.82, 2.24) is 14.7 Å². The zero-order valence-corrected chi connectivity index (χ0v) is 11.7. The smallest absolute Gasteiger partial charge is 0.194 e. The first kappa shape index (κ1) is 12.6. The van der Waals surface area contributed by atoms with Gasteiger partial charge in [0.1, 0.15) is 0 Å². The number of thiazole rings is 1. The molecule has 2 heterocycles. The van der Waals surface area contributed by atoms with Gasteiger partial charge in [0.25, 0.3) is 0 Å². The molecular formula is C13H21N3S. The molecule has 0 bridgehead atoms. The summed E-state index contributed by atoms with van der Waals surface area (Å²) in [5, 5.41) is 5.73. The van der Waals surface area contributed by atoms with Crippen LogP contribution >= 0.6 is 11.3 Å². The Balaban J connectivity index is 2.07. The zero-order chi connectivity index (χ0) is 12.3. The lowest BCUT2D eigenvalue weighted by atomic mass is 10.1. The Kier molecular flexibility index (Phi) is 4.18. The highest BCUT2D eigenvalue weighted by Crippen LogP contribution is 2.17. The fraction of sp³-hybridized carbons (Fsp3) is 0.615. The van der Waals surface area contributed by atoms with E-state index in [1.54, 1.807) is 11.3 Å². The van der Waals surface area contributed by atoms with Crippen LogP contribution in [0.5, 0.6) is 0 Å². The van der Waals surface area contributed by atoms with Gasteiger partial charge in [0.2, 0.25) is 0 Å². The Hall–Kier alpha value is -0.870. The molecule has 0 aliphatic carbocycles. The molecule has 17 heavy (non-hydrogen) atoms. The summed E-state index contributed by atoms with van der Waals surface area (Å²) in [6.07, 6.45) is 5.79. The number of aromatic nitrogens is 2. The predicted molar refractivity (Wildman–Crippen MR) is 73.6 cm³/mol. The Bertz CT molecular complexity index is 472. The first-order chi connectivity index (χ1) is 8.26. The molecular weight excluding hydrogens is 230 g/mol. The quantitative estimate of drug-likeness (QED) is 0.853. The highest BCUT2D eigenvalue weighted by atomic mass is 32.1. The minimum absolute atomic E-state index is 0.628. The number of imidazole rings is 1. The summed E-state index contributed by atoms with van der Waals surface area (Å²) in [4.78, 5) is 5.66. The van der Waals surface area contributed by atoms with E-state index in [1.807, 2.05) is 0 Å². The molecule has 2 rings (SSSR count). The third-order valence-corrected chi connectivity index (χ3v) is 4.01. The first-order valence-corrected chi connectivity index (χ1v) is 7.28. The molecule has 0 aromatic carbocycles. The number of nitrogens with one attached hydrogen (secondary N) is 1. The maximum atomic E-state index is 4.56. The van der Waals surface area contributed by atoms with Crippen LogP contribution in [0, 0.1) is 6.92 Å². The van der Waals surface area contributed by atoms with Crippen molar-refractivity contribution in [1.29, 1.82) is 0 Å². The SMILES string of the molecule is CCCC(CC)NCc1c(C)nc2sccn12. The van der Waals surface area contributed by atoms with Gasteiger partial charge in [-0.3, -0.25) is 4.40 Å². The van der Waals surface area contributed by atoms with Crippen molar-refractivity contribution in [2.24, 2.45) is 0 Å². The fourth-order valence-electron chi connectivity index (χ4n) is 2.19. The van der Waals surface area contributed by atoms with Crippen LogP contribution in [-0.4, -0.2) is 15.4 Å². The van der Waals surface area contributed by atoms with Gasteiger partial charge in [-0.05, 0) is 19.8 Å². The summed E-state index contributed by atoms with van der Waals surface area (Å²) in [5.74, 6) is 0. The summed E-state index contributed by atoms with van der Waals surface area (Å²) < 4.78 is 2.20. The molecule has 0 aliphatic rings. The van der Waals surface area contributed by atoms with Gasteiger partial charge in [-0.25, -0.2) is 4.98 Å². The lowest BCUT2D eigenvalue weighted by Gasteiger charge is -2.15. The molecule has 0 radical (unpaired) electrons. The van der Waals surface area contributed by atoms with Gasteiger partial charge < -0.3 is 5.32 Å². The summed E-state index contributed by atoms with van der Waals surface area (Å²) >= 11 is 1.70. The van der Waals surface area contributed by atoms with E-state index in [-0.39, 0.29) is 0 Å². The number of aryl methyl sites for hydroxylation is 1. The molecule has 1 unspecified atom stereocenters. The zero-order valence-electron chi connectivity index (χ0n) is 10.9. The molecule has 2 aromatic heterocycles. The van der Waals surface area contributed by atoms with Gasteiger partial charge in [0.15, 0.2) is 4.96 Å². The van der Waals surface area contributed by atoms with Crippen LogP contribution in [0.25, 0.3) is 4.96 Å². The van der Waals surface area contributed by atoms with Gasteiger partial charge in [0, 0.05) is 24.2 Å². The molecule has 0 spiro atoms. The van der Waals surface area contributed by atoms with Crippen molar-refractivity contribution >= 4 is 16.3 Å². The van der Waals surface area contributed by atoms with Gasteiger partial charge in [-0.15, -0.1) is 11.3 Å². The number of rotatable bonds is 6. The summed E-state index contributed by atoms with van der Waals surface area (Å²) in [6.45, 7) is 7.50. The van der Waals surface area contributed by atoms with E-state index in [4.69, 9.17) is 0 Å². The van der Waals surface area contributed by atoms with E-state index in [2.05, 4.69) is 47.0 Å². The highest BCUT2D eigenvalue weighted by molar-refractivity contribution is 7.15. The Morgan fingerprint density at radius 2 is 2.29 bits per heavy atom. The fourth-order valence-corrected chi connectivity index (χ4v) is 2.97. The van der Waals surface area contributed by atoms with E-state index in [0.717, 1.165) is 17.2 Å². The van der Waals surface area contributed by atoms with E-state index >= 15 is 0 Å². The molecule has 0 amide bonds. The molecule has 94 valence electrons. The van der Waals surface area contributed by atoms with Crippen LogP contribution in [0.15, 0.2) is 11.6 Å². The summed E-state index contributed by atoms with van der Waals surface area (Å²) in [5.41, 5.74) is 2.45. The van der Waals surface area contributed by atoms with Crippen LogP contribution in [0.4, 0.5) is 0 Å². The van der Waals surface area contributed by atoms with Crippen LogP contribution in [0.3, 0.4) is 0 Å². The van der Waals surface area contributed by atoms with E-state index in [9.17, 15) is 0 Å². The van der Waals surface area contributed by atoms with Crippen molar-refractivity contribution in [2.45, 2.75) is 52.6 Å². The maximum Gasteiger partial charge on any atom is 0.194 e. The molecule has 2 aromatic rings. The average Bonchev–Trinajstić information content (AvgIpc) is 2.86. The minimum Gasteiger partial charge on any atom is -0.308 e. The van der Waals surface area contributed by atoms with Crippen molar-refractivity contribution in [3.63, 3.8) is 0 Å². The van der Waals surface area contributed by atoms with Gasteiger partial charge in [-0.1, -0.05) is 20.3 Å². The third kappa shape index (κ3) is 2.69. The Morgan fingerprint density at radius 1 is 1.47 bits per heavy atom. The standard InChI is InChI=1S/C13H21N3S/c1-4-6-11(5-2)14-9-12-10(3)15-13-16(12)7-8-17-13/h7-8,11,14H,4-6,9H2,1-3H3. The van der Waals surface area contributed by atoms with E-state index in [1.165, 1.54) is 25.0 Å². The highest BCUT2D eigenvalue weighted by Gasteiger charge is 2.11. The second-order valence-electron chi connectivity index (χ2n) is 4.47. The molecule has 4 heteroatoms. The lowest BCUT2D eigenvalue weighted by Crippen LogP contribution is -2.28. The van der Waals surface area contributed by atoms with Crippen LogP contribution in [0.2, 0.25) is 0 Å². The molecule has 0 aliphatic heterocycles. The topological polar surface area (TPSA) is 29.3 Å². The number of hydrogen-bond donors (Lipinski definition) is 1. The van der Waals surface area contributed by atoms with Crippen LogP contribution in [-0.2, 0) is 6.54 Å². The second kappa shape index (κ2) is 5.65. The monoisotopic (exact) mass is 251 g/mol. The minimum atomic E-state index is 0.628. The number of nitrogens with zero attached hydrogens (tertiary/aromatic N) is 2. The first-order valence-electron chi connectivity index (χ1n) is 6.40. The van der Waals surface area contributed by atoms with E-state index < -0.39 is 0 Å². The normalized spacial score (nSPS) is 13.4. The van der Waals surface area contributed by atoms with Gasteiger partial charge in [0.05, 0.1) is 11.4 Å². The second-order valence-corrected chi connectivity index (χ2v) is 5.35. The summed E-state index contributed by atoms with van der Waals surface area (Å²) in [7, 11) is 0. The Labute approximate surface area is 107 Å². The maximum absolute atomic E-state index is 4.56. The van der Waals surface area contributed by atoms with Gasteiger partial charge in [-0.2, -0.15) is 0 Å². The largest absolute Gasteiger partial charge is 0.308 e. The van der Waals surface area contributed by atoms with Gasteiger partial charge >= 0.3 is 0 Å². The van der Waals surface area contributed by atoms with Crippen molar-refractivity contribution in [3.05, 3.63) is 23.0 Å². The molecule has 3 nitrogen and oxygen atoms in total. The van der Waals surface area contributed by atoms with Crippen molar-refractivity contribution in [3.8, 4) is 0 Å². The molecule has 1 atom stereocenters. The average molecular weight is 251 g/mol. The number of fused-ring (bicyclic) bond motifs is 1. The van der Waals surface area contributed by atoms with Crippen molar-refractivity contribution < 1.29 is 0 Å². The van der Waals surface area contributed by atoms with Crippen molar-refractivity contribution in [2.75, 3.05) is 0 Å². The van der Waals surface area contributed by atoms with Crippen LogP contribution in [0.1, 0.15) is 44.5 Å². The predicted octanol–water partition coefficient (Wildman–Crippen LogP) is 3.37. The molecule has 0 saturated carbocycles. The third-order valence-electron chi connectivity index (χ3n) is 3.25. The van der Waals surface area contributed by atoms with Crippen LogP contribution < -0.4 is 5.32 Å². The molecule has 0 fully saturated rings. The molecule has 0 saturated heterocycles. The number of hydrogen-bond acceptors (Lipinski definition) is 3. The Morgan fingerprint density at radius 3 is 3.00 bits per heavy atom.